The number of halogens is 1. The molecule has 0 spiro atoms. The number of hydrogen-bond acceptors (Lipinski definition) is 3. The van der Waals surface area contributed by atoms with Crippen molar-refractivity contribution in [1.82, 2.24) is 15.1 Å². The standard InChI is InChI=1S/C16H22FN3O/c1-12(2)7-18-9-14-6-15(17)4-5-16(14)21-11-13-8-19-20(3)10-13/h4-6,8,10,12,18H,7,9,11H2,1-3H3. The molecule has 1 heterocycles. The van der Waals surface area contributed by atoms with E-state index in [1.165, 1.54) is 12.1 Å². The highest BCUT2D eigenvalue weighted by Crippen LogP contribution is 2.21. The quantitative estimate of drug-likeness (QED) is 0.852. The molecule has 1 aromatic heterocycles. The van der Waals surface area contributed by atoms with E-state index in [0.29, 0.717) is 24.8 Å². The predicted octanol–water partition coefficient (Wildman–Crippen LogP) is 2.88. The van der Waals surface area contributed by atoms with Crippen LogP contribution in [-0.2, 0) is 20.2 Å². The first-order chi connectivity index (χ1) is 10.0. The molecule has 0 aliphatic carbocycles. The van der Waals surface area contributed by atoms with E-state index in [4.69, 9.17) is 4.74 Å². The van der Waals surface area contributed by atoms with Gasteiger partial charge in [-0.1, -0.05) is 13.8 Å². The van der Waals surface area contributed by atoms with Gasteiger partial charge in [0.1, 0.15) is 18.2 Å². The van der Waals surface area contributed by atoms with Crippen LogP contribution >= 0.6 is 0 Å². The number of nitrogens with one attached hydrogen (secondary N) is 1. The number of ether oxygens (including phenoxy) is 1. The van der Waals surface area contributed by atoms with Crippen LogP contribution in [0.25, 0.3) is 0 Å². The fraction of sp³-hybridized carbons (Fsp3) is 0.438. The zero-order valence-corrected chi connectivity index (χ0v) is 12.8. The molecular weight excluding hydrogens is 269 g/mol. The van der Waals surface area contributed by atoms with Gasteiger partial charge in [0, 0.05) is 30.9 Å². The second-order valence-corrected chi connectivity index (χ2v) is 5.59. The summed E-state index contributed by atoms with van der Waals surface area (Å²) < 4.78 is 20.9. The maximum absolute atomic E-state index is 13.4. The van der Waals surface area contributed by atoms with E-state index >= 15 is 0 Å². The number of aromatic nitrogens is 2. The molecule has 1 aromatic carbocycles. The Balaban J connectivity index is 2.00. The number of rotatable bonds is 7. The van der Waals surface area contributed by atoms with Crippen LogP contribution in [0.3, 0.4) is 0 Å². The average Bonchev–Trinajstić information content (AvgIpc) is 2.83. The Kier molecular flexibility index (Phi) is 5.33. The molecule has 0 aliphatic rings. The van der Waals surface area contributed by atoms with Crippen LogP contribution in [0, 0.1) is 11.7 Å². The lowest BCUT2D eigenvalue weighted by atomic mass is 10.1. The highest BCUT2D eigenvalue weighted by Gasteiger charge is 2.07. The summed E-state index contributed by atoms with van der Waals surface area (Å²) in [6.07, 6.45) is 3.67. The topological polar surface area (TPSA) is 39.1 Å². The van der Waals surface area contributed by atoms with Gasteiger partial charge in [0.25, 0.3) is 0 Å². The Hall–Kier alpha value is -1.88. The normalized spacial score (nSPS) is 11.1. The van der Waals surface area contributed by atoms with E-state index in [0.717, 1.165) is 17.7 Å². The lowest BCUT2D eigenvalue weighted by Gasteiger charge is -2.13. The molecule has 0 saturated heterocycles. The fourth-order valence-corrected chi connectivity index (χ4v) is 2.03. The second kappa shape index (κ2) is 7.22. The van der Waals surface area contributed by atoms with Crippen molar-refractivity contribution in [2.75, 3.05) is 6.54 Å². The molecule has 0 bridgehead atoms. The van der Waals surface area contributed by atoms with E-state index in [9.17, 15) is 4.39 Å². The highest BCUT2D eigenvalue weighted by molar-refractivity contribution is 5.34. The molecule has 0 atom stereocenters. The molecule has 1 N–H and O–H groups in total. The van der Waals surface area contributed by atoms with Gasteiger partial charge in [-0.15, -0.1) is 0 Å². The van der Waals surface area contributed by atoms with Crippen molar-refractivity contribution >= 4 is 0 Å². The first-order valence-corrected chi connectivity index (χ1v) is 7.14. The van der Waals surface area contributed by atoms with Gasteiger partial charge in [-0.05, 0) is 30.7 Å². The highest BCUT2D eigenvalue weighted by atomic mass is 19.1. The van der Waals surface area contributed by atoms with Crippen molar-refractivity contribution in [1.29, 1.82) is 0 Å². The number of nitrogens with zero attached hydrogens (tertiary/aromatic N) is 2. The molecule has 2 aromatic rings. The van der Waals surface area contributed by atoms with E-state index < -0.39 is 0 Å². The largest absolute Gasteiger partial charge is 0.488 e. The van der Waals surface area contributed by atoms with Crippen molar-refractivity contribution in [3.63, 3.8) is 0 Å². The summed E-state index contributed by atoms with van der Waals surface area (Å²) in [6, 6.07) is 4.62. The fourth-order valence-electron chi connectivity index (χ4n) is 2.03. The summed E-state index contributed by atoms with van der Waals surface area (Å²) in [4.78, 5) is 0. The molecule has 4 nitrogen and oxygen atoms in total. The van der Waals surface area contributed by atoms with Crippen LogP contribution in [-0.4, -0.2) is 16.3 Å². The third kappa shape index (κ3) is 4.86. The molecule has 5 heteroatoms. The molecule has 2 rings (SSSR count). The van der Waals surface area contributed by atoms with Crippen molar-refractivity contribution in [3.8, 4) is 5.75 Å². The summed E-state index contributed by atoms with van der Waals surface area (Å²) in [5.41, 5.74) is 1.82. The van der Waals surface area contributed by atoms with Crippen LogP contribution in [0.2, 0.25) is 0 Å². The minimum absolute atomic E-state index is 0.245. The van der Waals surface area contributed by atoms with Gasteiger partial charge < -0.3 is 10.1 Å². The lowest BCUT2D eigenvalue weighted by Crippen LogP contribution is -2.19. The van der Waals surface area contributed by atoms with Crippen LogP contribution in [0.15, 0.2) is 30.6 Å². The van der Waals surface area contributed by atoms with Crippen molar-refractivity contribution in [2.45, 2.75) is 27.0 Å². The monoisotopic (exact) mass is 291 g/mol. The predicted molar refractivity (Wildman–Crippen MR) is 80.5 cm³/mol. The van der Waals surface area contributed by atoms with Gasteiger partial charge in [-0.25, -0.2) is 4.39 Å². The van der Waals surface area contributed by atoms with Crippen molar-refractivity contribution < 1.29 is 9.13 Å². The first kappa shape index (κ1) is 15.5. The zero-order valence-electron chi connectivity index (χ0n) is 12.8. The van der Waals surface area contributed by atoms with E-state index in [1.807, 2.05) is 13.2 Å². The smallest absolute Gasteiger partial charge is 0.124 e. The summed E-state index contributed by atoms with van der Waals surface area (Å²) >= 11 is 0. The van der Waals surface area contributed by atoms with Crippen LogP contribution in [0.5, 0.6) is 5.75 Å². The summed E-state index contributed by atoms with van der Waals surface area (Å²) in [5, 5.41) is 7.41. The van der Waals surface area contributed by atoms with Gasteiger partial charge >= 0.3 is 0 Å². The Morgan fingerprint density at radius 1 is 1.38 bits per heavy atom. The third-order valence-corrected chi connectivity index (χ3v) is 3.04. The van der Waals surface area contributed by atoms with Crippen LogP contribution in [0.4, 0.5) is 4.39 Å². The lowest BCUT2D eigenvalue weighted by molar-refractivity contribution is 0.301. The van der Waals surface area contributed by atoms with Gasteiger partial charge in [-0.2, -0.15) is 5.10 Å². The van der Waals surface area contributed by atoms with E-state index in [1.54, 1.807) is 16.9 Å². The van der Waals surface area contributed by atoms with Gasteiger partial charge in [0.05, 0.1) is 6.20 Å². The molecule has 0 amide bonds. The third-order valence-electron chi connectivity index (χ3n) is 3.04. The van der Waals surface area contributed by atoms with Crippen molar-refractivity contribution in [3.05, 3.63) is 47.5 Å². The van der Waals surface area contributed by atoms with E-state index in [-0.39, 0.29) is 5.82 Å². The minimum Gasteiger partial charge on any atom is -0.488 e. The SMILES string of the molecule is CC(C)CNCc1cc(F)ccc1OCc1cnn(C)c1. The zero-order chi connectivity index (χ0) is 15.2. The molecule has 0 fully saturated rings. The second-order valence-electron chi connectivity index (χ2n) is 5.59. The maximum atomic E-state index is 13.4. The average molecular weight is 291 g/mol. The maximum Gasteiger partial charge on any atom is 0.124 e. The summed E-state index contributed by atoms with van der Waals surface area (Å²) in [7, 11) is 1.86. The summed E-state index contributed by atoms with van der Waals surface area (Å²) in [6.45, 7) is 6.18. The Labute approximate surface area is 124 Å². The molecular formula is C16H22FN3O. The minimum atomic E-state index is -0.245. The Bertz CT molecular complexity index is 581. The van der Waals surface area contributed by atoms with Crippen LogP contribution in [0.1, 0.15) is 25.0 Å². The number of aryl methyl sites for hydroxylation is 1. The van der Waals surface area contributed by atoms with E-state index in [2.05, 4.69) is 24.3 Å². The van der Waals surface area contributed by atoms with Gasteiger partial charge in [0.15, 0.2) is 0 Å². The summed E-state index contributed by atoms with van der Waals surface area (Å²) in [5.74, 6) is 1.01. The Morgan fingerprint density at radius 3 is 2.86 bits per heavy atom. The Morgan fingerprint density at radius 2 is 2.19 bits per heavy atom. The molecule has 114 valence electrons. The first-order valence-electron chi connectivity index (χ1n) is 7.14. The van der Waals surface area contributed by atoms with Crippen LogP contribution < -0.4 is 10.1 Å². The number of hydrogen-bond donors (Lipinski definition) is 1. The van der Waals surface area contributed by atoms with Gasteiger partial charge in [0.2, 0.25) is 0 Å². The molecule has 0 aliphatic heterocycles. The molecule has 0 saturated carbocycles. The number of benzene rings is 1. The van der Waals surface area contributed by atoms with Crippen molar-refractivity contribution in [2.24, 2.45) is 13.0 Å². The molecule has 0 unspecified atom stereocenters. The molecule has 0 radical (unpaired) electrons. The van der Waals surface area contributed by atoms with Gasteiger partial charge in [-0.3, -0.25) is 4.68 Å². The molecule has 21 heavy (non-hydrogen) atoms.